The van der Waals surface area contributed by atoms with Crippen LogP contribution in [0.1, 0.15) is 26.7 Å². The topological polar surface area (TPSA) is 86.7 Å². The Morgan fingerprint density at radius 2 is 2.22 bits per heavy atom. The number of hydrogen-bond donors (Lipinski definition) is 0. The summed E-state index contributed by atoms with van der Waals surface area (Å²) in [6.45, 7) is 5.36. The van der Waals surface area contributed by atoms with E-state index in [2.05, 4.69) is 4.99 Å². The lowest BCUT2D eigenvalue weighted by atomic mass is 10.3. The van der Waals surface area contributed by atoms with Gasteiger partial charge in [-0.3, -0.25) is 14.9 Å². The summed E-state index contributed by atoms with van der Waals surface area (Å²) < 4.78 is 8.04. The van der Waals surface area contributed by atoms with E-state index in [1.807, 2.05) is 18.4 Å². The van der Waals surface area contributed by atoms with Gasteiger partial charge in [-0.15, -0.1) is 0 Å². The third-order valence-corrected chi connectivity index (χ3v) is 4.28. The summed E-state index contributed by atoms with van der Waals surface area (Å²) in [5.41, 5.74) is 0.721. The van der Waals surface area contributed by atoms with Crippen molar-refractivity contribution in [2.24, 2.45) is 4.99 Å². The van der Waals surface area contributed by atoms with Gasteiger partial charge in [0.25, 0.3) is 5.69 Å². The molecule has 0 saturated carbocycles. The summed E-state index contributed by atoms with van der Waals surface area (Å²) >= 11 is 1.35. The predicted molar refractivity (Wildman–Crippen MR) is 88.4 cm³/mol. The highest BCUT2D eigenvalue weighted by Crippen LogP contribution is 2.23. The molecule has 1 amide bonds. The minimum atomic E-state index is -0.428. The number of carbonyl (C=O) groups is 1. The third-order valence-electron chi connectivity index (χ3n) is 3.22. The molecule has 0 atom stereocenters. The molecule has 0 aliphatic carbocycles. The molecule has 23 heavy (non-hydrogen) atoms. The molecule has 2 rings (SSSR count). The van der Waals surface area contributed by atoms with Crippen LogP contribution in [0.5, 0.6) is 0 Å². The number of hydrogen-bond acceptors (Lipinski definition) is 5. The number of rotatable bonds is 7. The molecule has 0 fully saturated rings. The predicted octanol–water partition coefficient (Wildman–Crippen LogP) is 2.87. The molecule has 0 N–H and O–H groups in total. The Morgan fingerprint density at radius 3 is 2.87 bits per heavy atom. The zero-order valence-corrected chi connectivity index (χ0v) is 14.0. The van der Waals surface area contributed by atoms with Crippen LogP contribution in [0.4, 0.5) is 5.69 Å². The molecule has 0 spiro atoms. The Hall–Kier alpha value is -2.06. The van der Waals surface area contributed by atoms with Crippen LogP contribution < -0.4 is 4.80 Å². The molecule has 0 bridgehead atoms. The van der Waals surface area contributed by atoms with Crippen LogP contribution in [0, 0.1) is 10.1 Å². The van der Waals surface area contributed by atoms with E-state index >= 15 is 0 Å². The summed E-state index contributed by atoms with van der Waals surface area (Å²) in [5, 5.41) is 11.0. The van der Waals surface area contributed by atoms with Gasteiger partial charge in [0.05, 0.1) is 21.7 Å². The summed E-state index contributed by atoms with van der Waals surface area (Å²) in [7, 11) is 0. The van der Waals surface area contributed by atoms with Crippen molar-refractivity contribution in [3.63, 3.8) is 0 Å². The molecule has 0 radical (unpaired) electrons. The van der Waals surface area contributed by atoms with Crippen LogP contribution >= 0.6 is 11.3 Å². The maximum atomic E-state index is 11.8. The fraction of sp³-hybridized carbons (Fsp3) is 0.467. The average molecular weight is 337 g/mol. The molecule has 1 aromatic carbocycles. The van der Waals surface area contributed by atoms with Crippen LogP contribution in [0.25, 0.3) is 10.2 Å². The third kappa shape index (κ3) is 4.23. The van der Waals surface area contributed by atoms with E-state index in [-0.39, 0.29) is 11.6 Å². The molecule has 7 nitrogen and oxygen atoms in total. The Balaban J connectivity index is 2.53. The molecule has 0 unspecified atom stereocenters. The first-order valence-electron chi connectivity index (χ1n) is 7.49. The second kappa shape index (κ2) is 7.98. The van der Waals surface area contributed by atoms with Gasteiger partial charge in [-0.1, -0.05) is 18.3 Å². The largest absolute Gasteiger partial charge is 0.380 e. The van der Waals surface area contributed by atoms with Crippen molar-refractivity contribution in [2.45, 2.75) is 33.2 Å². The van der Waals surface area contributed by atoms with Crippen molar-refractivity contribution in [1.29, 1.82) is 0 Å². The molecule has 1 heterocycles. The van der Waals surface area contributed by atoms with Crippen LogP contribution in [0.15, 0.2) is 23.2 Å². The van der Waals surface area contributed by atoms with Gasteiger partial charge in [-0.05, 0) is 19.4 Å². The van der Waals surface area contributed by atoms with Gasteiger partial charge in [0.2, 0.25) is 5.91 Å². The second-order valence-electron chi connectivity index (χ2n) is 4.90. The van der Waals surface area contributed by atoms with E-state index in [1.165, 1.54) is 23.5 Å². The van der Waals surface area contributed by atoms with Gasteiger partial charge < -0.3 is 9.30 Å². The summed E-state index contributed by atoms with van der Waals surface area (Å²) in [4.78, 5) is 27.1. The van der Waals surface area contributed by atoms with Crippen LogP contribution in [0.3, 0.4) is 0 Å². The van der Waals surface area contributed by atoms with Crippen LogP contribution in [-0.4, -0.2) is 28.6 Å². The van der Waals surface area contributed by atoms with Crippen molar-refractivity contribution in [3.8, 4) is 0 Å². The van der Waals surface area contributed by atoms with Crippen molar-refractivity contribution in [3.05, 3.63) is 33.1 Å². The minimum Gasteiger partial charge on any atom is -0.380 e. The van der Waals surface area contributed by atoms with Gasteiger partial charge in [0.15, 0.2) is 4.80 Å². The van der Waals surface area contributed by atoms with Gasteiger partial charge >= 0.3 is 0 Å². The second-order valence-corrected chi connectivity index (χ2v) is 5.91. The summed E-state index contributed by atoms with van der Waals surface area (Å²) in [6, 6.07) is 4.67. The molecular weight excluding hydrogens is 318 g/mol. The normalized spacial score (nSPS) is 12.0. The number of non-ortho nitro benzene ring substituents is 1. The first kappa shape index (κ1) is 17.3. The number of fused-ring (bicyclic) bond motifs is 1. The maximum Gasteiger partial charge on any atom is 0.271 e. The number of nitro benzene ring substituents is 1. The van der Waals surface area contributed by atoms with Crippen LogP contribution in [0.2, 0.25) is 0 Å². The van der Waals surface area contributed by atoms with E-state index in [0.29, 0.717) is 36.5 Å². The van der Waals surface area contributed by atoms with Gasteiger partial charge in [-0.25, -0.2) is 0 Å². The van der Waals surface area contributed by atoms with Gasteiger partial charge in [0.1, 0.15) is 0 Å². The molecule has 0 aliphatic heterocycles. The monoisotopic (exact) mass is 337 g/mol. The highest BCUT2D eigenvalue weighted by molar-refractivity contribution is 7.16. The number of aromatic nitrogens is 1. The number of amides is 1. The van der Waals surface area contributed by atoms with Crippen LogP contribution in [-0.2, 0) is 16.1 Å². The lowest BCUT2D eigenvalue weighted by Gasteiger charge is -2.05. The minimum absolute atomic E-state index is 0.0203. The number of benzene rings is 1. The van der Waals surface area contributed by atoms with E-state index in [9.17, 15) is 14.9 Å². The van der Waals surface area contributed by atoms with Crippen molar-refractivity contribution in [2.75, 3.05) is 13.2 Å². The lowest BCUT2D eigenvalue weighted by molar-refractivity contribution is -0.384. The maximum absolute atomic E-state index is 11.8. The highest BCUT2D eigenvalue weighted by Gasteiger charge is 2.12. The smallest absolute Gasteiger partial charge is 0.271 e. The Bertz CT molecular complexity index is 779. The lowest BCUT2D eigenvalue weighted by Crippen LogP contribution is -2.19. The number of thiazole rings is 1. The fourth-order valence-electron chi connectivity index (χ4n) is 2.15. The number of nitrogens with zero attached hydrogens (tertiary/aromatic N) is 3. The fourth-order valence-corrected chi connectivity index (χ4v) is 3.20. The molecular formula is C15H19N3O4S. The molecule has 0 saturated heterocycles. The molecule has 1 aromatic heterocycles. The van der Waals surface area contributed by atoms with Gasteiger partial charge in [-0.2, -0.15) is 4.99 Å². The number of nitro groups is 1. The Kier molecular flexibility index (Phi) is 6.00. The summed E-state index contributed by atoms with van der Waals surface area (Å²) in [5.74, 6) is -0.182. The molecule has 8 heteroatoms. The average Bonchev–Trinajstić information content (AvgIpc) is 2.84. The van der Waals surface area contributed by atoms with E-state index in [4.69, 9.17) is 4.74 Å². The Labute approximate surface area is 137 Å². The Morgan fingerprint density at radius 1 is 1.43 bits per heavy atom. The molecule has 124 valence electrons. The molecule has 0 aliphatic rings. The molecule has 2 aromatic rings. The number of ether oxygens (including phenoxy) is 1. The van der Waals surface area contributed by atoms with Crippen molar-refractivity contribution >= 4 is 33.1 Å². The standard InChI is InChI=1S/C15H19N3O4S/c1-3-5-14(19)16-15-17(8-9-22-4-2)12-10-11(18(20)21)6-7-13(12)23-15/h6-7,10H,3-5,8-9H2,1-2H3. The van der Waals surface area contributed by atoms with E-state index < -0.39 is 4.92 Å². The quantitative estimate of drug-likeness (QED) is 0.441. The SMILES string of the molecule is CCCC(=O)N=c1sc2ccc([N+](=O)[O-])cc2n1CCOCC. The van der Waals surface area contributed by atoms with Crippen molar-refractivity contribution in [1.82, 2.24) is 4.57 Å². The van der Waals surface area contributed by atoms with Gasteiger partial charge in [0, 0.05) is 31.7 Å². The zero-order valence-electron chi connectivity index (χ0n) is 13.2. The highest BCUT2D eigenvalue weighted by atomic mass is 32.1. The zero-order chi connectivity index (χ0) is 16.8. The first-order valence-corrected chi connectivity index (χ1v) is 8.31. The summed E-state index contributed by atoms with van der Waals surface area (Å²) in [6.07, 6.45) is 1.12. The van der Waals surface area contributed by atoms with E-state index in [1.54, 1.807) is 6.07 Å². The number of carbonyl (C=O) groups excluding carboxylic acids is 1. The van der Waals surface area contributed by atoms with E-state index in [0.717, 1.165) is 11.1 Å². The van der Waals surface area contributed by atoms with Crippen molar-refractivity contribution < 1.29 is 14.5 Å². The first-order chi connectivity index (χ1) is 11.1.